The van der Waals surface area contributed by atoms with Gasteiger partial charge >= 0.3 is 5.97 Å². The first kappa shape index (κ1) is 38.9. The number of para-hydroxylation sites is 1. The fourth-order valence-corrected chi connectivity index (χ4v) is 13.0. The normalized spacial score (nSPS) is 43.8. The van der Waals surface area contributed by atoms with Crippen molar-refractivity contribution < 1.29 is 77.2 Å². The molecule has 0 radical (unpaired) electrons. The predicted octanol–water partition coefficient (Wildman–Crippen LogP) is -2.33. The van der Waals surface area contributed by atoms with Gasteiger partial charge in [-0.3, -0.25) is 14.5 Å². The quantitative estimate of drug-likeness (QED) is 0.177. The number of likely N-dealkylation sites (tertiary alicyclic amines) is 1. The first-order chi connectivity index (χ1) is 25.0. The number of piperidine rings is 1. The number of fused-ring (bicyclic) bond motifs is 2. The lowest BCUT2D eigenvalue weighted by molar-refractivity contribution is -1.92. The molecule has 1 spiro atoms. The number of likely N-dealkylation sites (N-methyl/N-ethyl adjacent to an activating group) is 1. The molecule has 2 heterocycles. The number of aliphatic hydroxyl groups is 2. The average Bonchev–Trinajstić information content (AvgIpc) is 3.69. The lowest BCUT2D eigenvalue weighted by Crippen LogP contribution is -2.82. The molecule has 17 heteroatoms. The minimum absolute atomic E-state index is 0.0394. The van der Waals surface area contributed by atoms with E-state index < -0.39 is 50.4 Å². The van der Waals surface area contributed by atoms with E-state index in [1.807, 2.05) is 0 Å². The van der Waals surface area contributed by atoms with E-state index in [2.05, 4.69) is 11.8 Å². The highest BCUT2D eigenvalue weighted by atomic mass is 35.7. The Kier molecular flexibility index (Phi) is 9.85. The number of nitrogens with zero attached hydrogens (tertiary/aromatic N) is 2. The van der Waals surface area contributed by atoms with Crippen molar-refractivity contribution in [3.63, 3.8) is 0 Å². The molecule has 7 aliphatic rings. The number of hydrogen-bond donors (Lipinski definition) is 3. The average molecular weight is 769 g/mol. The first-order valence-electron chi connectivity index (χ1n) is 18.1. The summed E-state index contributed by atoms with van der Waals surface area (Å²) in [6.45, 7) is 3.24. The molecule has 2 aliphatic heterocycles. The Morgan fingerprint density at radius 3 is 2.25 bits per heavy atom. The Labute approximate surface area is 309 Å². The Balaban J connectivity index is 0.000000817. The molecule has 53 heavy (non-hydrogen) atoms. The molecule has 2 amide bonds. The molecule has 1 aromatic carbocycles. The zero-order valence-corrected chi connectivity index (χ0v) is 31.2. The Morgan fingerprint density at radius 2 is 1.66 bits per heavy atom. The van der Waals surface area contributed by atoms with Crippen molar-refractivity contribution in [2.75, 3.05) is 53.0 Å². The van der Waals surface area contributed by atoms with E-state index in [0.29, 0.717) is 25.9 Å². The number of ether oxygens (including phenoxy) is 5. The number of imide groups is 1. The highest BCUT2D eigenvalue weighted by Gasteiger charge is 2.91. The summed E-state index contributed by atoms with van der Waals surface area (Å²) in [5, 5.41) is 26.5. The maximum absolute atomic E-state index is 14.0. The molecule has 5 saturated carbocycles. The van der Waals surface area contributed by atoms with Gasteiger partial charge in [-0.05, 0) is 43.9 Å². The van der Waals surface area contributed by atoms with Crippen LogP contribution in [0.15, 0.2) is 24.3 Å². The van der Waals surface area contributed by atoms with Crippen LogP contribution in [-0.4, -0.2) is 127 Å². The molecule has 3 N–H and O–H groups in total. The van der Waals surface area contributed by atoms with Crippen molar-refractivity contribution in [3.8, 4) is 0 Å². The van der Waals surface area contributed by atoms with Crippen molar-refractivity contribution in [3.05, 3.63) is 29.8 Å². The summed E-state index contributed by atoms with van der Waals surface area (Å²) in [6, 6.07) is 6.11. The number of anilines is 1. The summed E-state index contributed by atoms with van der Waals surface area (Å²) >= 11 is 0. The van der Waals surface area contributed by atoms with Crippen LogP contribution in [0.4, 0.5) is 5.69 Å². The Bertz CT molecular complexity index is 1610. The highest BCUT2D eigenvalue weighted by molar-refractivity contribution is 6.21. The van der Waals surface area contributed by atoms with Gasteiger partial charge in [0.2, 0.25) is 11.8 Å². The van der Waals surface area contributed by atoms with Gasteiger partial charge in [-0.2, -0.15) is 14.0 Å². The molecule has 13 atom stereocenters. The van der Waals surface area contributed by atoms with E-state index in [-0.39, 0.29) is 90.9 Å². The monoisotopic (exact) mass is 768 g/mol. The van der Waals surface area contributed by atoms with Crippen molar-refractivity contribution >= 4 is 23.5 Å². The Hall–Kier alpha value is -2.32. The fourth-order valence-electron chi connectivity index (χ4n) is 13.0. The minimum Gasteiger partial charge on any atom is -0.461 e. The second kappa shape index (κ2) is 13.4. The molecule has 16 nitrogen and oxygen atoms in total. The number of hydrogen-bond acceptors (Lipinski definition) is 15. The van der Waals surface area contributed by atoms with Crippen LogP contribution in [0.2, 0.25) is 0 Å². The number of carbonyl (C=O) groups is 3. The van der Waals surface area contributed by atoms with Gasteiger partial charge in [-0.15, -0.1) is 0 Å². The second-order valence-corrected chi connectivity index (χ2v) is 16.6. The maximum Gasteiger partial charge on any atom is 0.340 e. The van der Waals surface area contributed by atoms with Gasteiger partial charge in [0.15, 0.2) is 0 Å². The molecule has 7 bridgehead atoms. The van der Waals surface area contributed by atoms with Gasteiger partial charge in [0.1, 0.15) is 11.2 Å². The van der Waals surface area contributed by atoms with Gasteiger partial charge in [-0.25, -0.2) is 9.69 Å². The fraction of sp³-hybridized carbons (Fsp3) is 0.750. The van der Waals surface area contributed by atoms with Gasteiger partial charge in [0.25, 0.3) is 0 Å². The minimum atomic E-state index is -4.69. The Morgan fingerprint density at radius 1 is 1.00 bits per heavy atom. The van der Waals surface area contributed by atoms with Gasteiger partial charge in [0.05, 0.1) is 63.2 Å². The van der Waals surface area contributed by atoms with Crippen LogP contribution in [0.5, 0.6) is 0 Å². The largest absolute Gasteiger partial charge is 0.461 e. The maximum atomic E-state index is 14.0. The SMILES string of the molecule is CCN1C[C@]2(COC(=O)c3ccccc3N3C(=O)CCC3=O)CC[C@H](OC)[C@]34C1[C@](O)([C@@H](OC)[C@H]23)[C@@]1(O)C[C@H](OC)[C@H]2C[C@@H]4[C@@H]1[C@H]2OC.[O-][Cl+3]([O-])([O-])O. The number of benzene rings is 1. The molecule has 0 aromatic heterocycles. The lowest BCUT2D eigenvalue weighted by Gasteiger charge is -2.70. The van der Waals surface area contributed by atoms with Crippen LogP contribution in [0.1, 0.15) is 55.8 Å². The van der Waals surface area contributed by atoms with Crippen LogP contribution in [0.3, 0.4) is 0 Å². The molecule has 5 aliphatic carbocycles. The predicted molar refractivity (Wildman–Crippen MR) is 172 cm³/mol. The van der Waals surface area contributed by atoms with Crippen LogP contribution < -0.4 is 18.9 Å². The highest BCUT2D eigenvalue weighted by Crippen LogP contribution is 2.80. The number of carbonyl (C=O) groups excluding carboxylic acids is 3. The number of esters is 1. The summed E-state index contributed by atoms with van der Waals surface area (Å²) < 4.78 is 64.0. The van der Waals surface area contributed by atoms with E-state index in [1.165, 1.54) is 0 Å². The van der Waals surface area contributed by atoms with Gasteiger partial charge < -0.3 is 33.9 Å². The topological polar surface area (TPSA) is 234 Å². The number of rotatable bonds is 9. The third kappa shape index (κ3) is 5.25. The lowest BCUT2D eigenvalue weighted by atomic mass is 9.42. The summed E-state index contributed by atoms with van der Waals surface area (Å²) in [7, 11) is 2.00. The molecule has 7 fully saturated rings. The van der Waals surface area contributed by atoms with Crippen molar-refractivity contribution in [2.24, 2.45) is 34.5 Å². The molecule has 2 saturated heterocycles. The van der Waals surface area contributed by atoms with Crippen molar-refractivity contribution in [2.45, 2.75) is 87.1 Å². The standard InChI is InChI=1S/C36H48N2O10.ClHO4/c1-6-37-17-33(18-48-31(41)19-9-7-8-10-22(19)38-25(39)11-12-26(38)40)14-13-24(45-3)35-21-15-20-23(44-2)16-34(42,27(21)28(20)46-4)36(43,32(35)37)30(47-5)29(33)35;2-1(3,4)5/h7-10,20-21,23-24,27-30,32,42-43H,6,11-18H2,1-5H3;(H,2,3,4,5)/t20-,21-,23+,24+,27-,28+,29-,30+,32?,33+,34-,35+,36-;/m1./s1. The van der Waals surface area contributed by atoms with E-state index in [9.17, 15) is 24.6 Å². The van der Waals surface area contributed by atoms with Crippen LogP contribution in [0.25, 0.3) is 0 Å². The summed E-state index contributed by atoms with van der Waals surface area (Å²) in [5.41, 5.74) is -4.15. The van der Waals surface area contributed by atoms with Crippen molar-refractivity contribution in [1.29, 1.82) is 0 Å². The third-order valence-corrected chi connectivity index (χ3v) is 14.2. The zero-order valence-electron chi connectivity index (χ0n) is 30.5. The van der Waals surface area contributed by atoms with Gasteiger partial charge in [-0.1, -0.05) is 19.1 Å². The summed E-state index contributed by atoms with van der Waals surface area (Å²) in [4.78, 5) is 42.6. The number of methoxy groups -OCH3 is 4. The molecule has 294 valence electrons. The summed E-state index contributed by atoms with van der Waals surface area (Å²) in [5.74, 6) is -2.00. The molecule has 8 rings (SSSR count). The third-order valence-electron chi connectivity index (χ3n) is 14.2. The number of halogens is 1. The van der Waals surface area contributed by atoms with Crippen LogP contribution in [-0.2, 0) is 33.3 Å². The second-order valence-electron chi connectivity index (χ2n) is 15.8. The van der Waals surface area contributed by atoms with Gasteiger partial charge in [0, 0.05) is 82.8 Å². The summed E-state index contributed by atoms with van der Waals surface area (Å²) in [6.07, 6.45) is 0.951. The smallest absolute Gasteiger partial charge is 0.340 e. The van der Waals surface area contributed by atoms with Crippen LogP contribution in [0, 0.1) is 44.7 Å². The van der Waals surface area contributed by atoms with E-state index in [4.69, 9.17) is 42.3 Å². The van der Waals surface area contributed by atoms with E-state index >= 15 is 0 Å². The molecular weight excluding hydrogens is 720 g/mol. The first-order valence-corrected chi connectivity index (χ1v) is 19.4. The zero-order chi connectivity index (χ0) is 38.5. The molecule has 1 unspecified atom stereocenters. The number of amides is 2. The molecule has 1 aromatic rings. The van der Waals surface area contributed by atoms with Crippen LogP contribution >= 0.6 is 0 Å². The van der Waals surface area contributed by atoms with E-state index in [1.54, 1.807) is 52.7 Å². The molecular formula is C36H49ClN2O14. The van der Waals surface area contributed by atoms with Crippen molar-refractivity contribution in [1.82, 2.24) is 4.90 Å². The van der Waals surface area contributed by atoms with E-state index in [0.717, 1.165) is 11.3 Å².